The number of anilines is 1. The molecule has 3 amide bonds. The highest BCUT2D eigenvalue weighted by atomic mass is 19.3. The van der Waals surface area contributed by atoms with Crippen molar-refractivity contribution in [2.75, 3.05) is 12.4 Å². The van der Waals surface area contributed by atoms with E-state index < -0.39 is 24.6 Å². The Labute approximate surface area is 165 Å². The largest absolute Gasteiger partial charge is 0.497 e. The van der Waals surface area contributed by atoms with Crippen molar-refractivity contribution in [3.8, 4) is 11.5 Å². The molecule has 29 heavy (non-hydrogen) atoms. The lowest BCUT2D eigenvalue weighted by atomic mass is 9.94. The molecular weight excluding hydrogens is 384 g/mol. The van der Waals surface area contributed by atoms with Crippen molar-refractivity contribution >= 4 is 17.6 Å². The van der Waals surface area contributed by atoms with E-state index in [0.717, 1.165) is 0 Å². The van der Waals surface area contributed by atoms with Crippen LogP contribution in [0.5, 0.6) is 11.5 Å². The van der Waals surface area contributed by atoms with E-state index >= 15 is 0 Å². The summed E-state index contributed by atoms with van der Waals surface area (Å²) in [5.74, 6) is 0.209. The van der Waals surface area contributed by atoms with Crippen molar-refractivity contribution in [2.45, 2.75) is 19.6 Å². The molecule has 1 heterocycles. The molecule has 2 aromatic rings. The van der Waals surface area contributed by atoms with E-state index in [0.29, 0.717) is 28.3 Å². The Morgan fingerprint density at radius 2 is 1.69 bits per heavy atom. The Balaban J connectivity index is 1.85. The fourth-order valence-electron chi connectivity index (χ4n) is 2.96. The summed E-state index contributed by atoms with van der Waals surface area (Å²) in [4.78, 5) is 24.9. The zero-order valence-electron chi connectivity index (χ0n) is 15.7. The average molecular weight is 403 g/mol. The summed E-state index contributed by atoms with van der Waals surface area (Å²) >= 11 is 0. The normalized spacial score (nSPS) is 16.2. The number of allylic oxidation sites excluding steroid dienone is 1. The summed E-state index contributed by atoms with van der Waals surface area (Å²) in [6.07, 6.45) is 0. The zero-order chi connectivity index (χ0) is 21.0. The van der Waals surface area contributed by atoms with E-state index in [1.165, 1.54) is 24.3 Å². The minimum Gasteiger partial charge on any atom is -0.497 e. The summed E-state index contributed by atoms with van der Waals surface area (Å²) in [6.45, 7) is -1.32. The number of benzene rings is 2. The Morgan fingerprint density at radius 3 is 2.28 bits per heavy atom. The molecule has 152 valence electrons. The van der Waals surface area contributed by atoms with Crippen LogP contribution in [-0.2, 0) is 4.79 Å². The summed E-state index contributed by atoms with van der Waals surface area (Å²) in [7, 11) is 1.54. The number of carbonyl (C=O) groups excluding carboxylic acids is 2. The van der Waals surface area contributed by atoms with Crippen molar-refractivity contribution < 1.29 is 27.8 Å². The molecule has 3 rings (SSSR count). The highest BCUT2D eigenvalue weighted by molar-refractivity contribution is 6.06. The number of ether oxygens (including phenoxy) is 2. The van der Waals surface area contributed by atoms with E-state index in [9.17, 15) is 18.4 Å². The van der Waals surface area contributed by atoms with Gasteiger partial charge in [0.15, 0.2) is 0 Å². The summed E-state index contributed by atoms with van der Waals surface area (Å²) in [5, 5.41) is 8.03. The molecular formula is C20H19F2N3O4. The number of hydrogen-bond donors (Lipinski definition) is 3. The van der Waals surface area contributed by atoms with E-state index in [-0.39, 0.29) is 5.75 Å². The summed E-state index contributed by atoms with van der Waals surface area (Å²) in [5.41, 5.74) is 1.77. The number of halogens is 2. The predicted octanol–water partition coefficient (Wildman–Crippen LogP) is 3.56. The lowest BCUT2D eigenvalue weighted by molar-refractivity contribution is -0.113. The monoisotopic (exact) mass is 403 g/mol. The fraction of sp³-hybridized carbons (Fsp3) is 0.200. The third-order valence-electron chi connectivity index (χ3n) is 4.30. The molecule has 1 aliphatic heterocycles. The van der Waals surface area contributed by atoms with Gasteiger partial charge in [0.1, 0.15) is 11.5 Å². The van der Waals surface area contributed by atoms with Gasteiger partial charge >= 0.3 is 12.6 Å². The number of carbonyl (C=O) groups is 2. The first-order valence-corrected chi connectivity index (χ1v) is 8.66. The molecule has 7 nitrogen and oxygen atoms in total. The van der Waals surface area contributed by atoms with Gasteiger partial charge in [0, 0.05) is 11.4 Å². The maximum absolute atomic E-state index is 12.9. The molecule has 0 spiro atoms. The molecule has 0 radical (unpaired) electrons. The topological polar surface area (TPSA) is 88.7 Å². The maximum Gasteiger partial charge on any atom is 0.387 e. The molecule has 3 N–H and O–H groups in total. The van der Waals surface area contributed by atoms with Crippen LogP contribution in [0.2, 0.25) is 0 Å². The fourth-order valence-corrected chi connectivity index (χ4v) is 2.96. The quantitative estimate of drug-likeness (QED) is 0.688. The summed E-state index contributed by atoms with van der Waals surface area (Å²) in [6, 6.07) is 11.3. The SMILES string of the molecule is COc1ccc(NC(=O)C2=C(C)NC(=O)NC2c2ccc(OC(F)F)cc2)cc1. The van der Waals surface area contributed by atoms with Crippen LogP contribution in [0, 0.1) is 0 Å². The second-order valence-corrected chi connectivity index (χ2v) is 6.20. The van der Waals surface area contributed by atoms with E-state index in [2.05, 4.69) is 20.7 Å². The first-order chi connectivity index (χ1) is 13.9. The standard InChI is InChI=1S/C20H19F2N3O4/c1-11-16(18(26)24-13-5-9-14(28-2)10-6-13)17(25-20(27)23-11)12-3-7-15(8-4-12)29-19(21)22/h3-10,17,19H,1-2H3,(H,24,26)(H2,23,25,27). The van der Waals surface area contributed by atoms with E-state index in [4.69, 9.17) is 4.74 Å². The van der Waals surface area contributed by atoms with Crippen LogP contribution in [0.15, 0.2) is 59.8 Å². The number of nitrogens with one attached hydrogen (secondary N) is 3. The second-order valence-electron chi connectivity index (χ2n) is 6.20. The smallest absolute Gasteiger partial charge is 0.387 e. The highest BCUT2D eigenvalue weighted by Gasteiger charge is 2.31. The third kappa shape index (κ3) is 4.81. The number of alkyl halides is 2. The van der Waals surface area contributed by atoms with Crippen LogP contribution in [0.4, 0.5) is 19.3 Å². The molecule has 1 aliphatic rings. The van der Waals surface area contributed by atoms with Gasteiger partial charge in [0.2, 0.25) is 0 Å². The molecule has 2 aromatic carbocycles. The van der Waals surface area contributed by atoms with Crippen LogP contribution < -0.4 is 25.4 Å². The minimum atomic E-state index is -2.94. The third-order valence-corrected chi connectivity index (χ3v) is 4.30. The Kier molecular flexibility index (Phi) is 5.96. The van der Waals surface area contributed by atoms with Crippen LogP contribution in [-0.4, -0.2) is 25.7 Å². The lowest BCUT2D eigenvalue weighted by Crippen LogP contribution is -2.45. The van der Waals surface area contributed by atoms with Crippen LogP contribution in [0.1, 0.15) is 18.5 Å². The van der Waals surface area contributed by atoms with Crippen molar-refractivity contribution in [1.82, 2.24) is 10.6 Å². The number of hydrogen-bond acceptors (Lipinski definition) is 4. The van der Waals surface area contributed by atoms with Gasteiger partial charge in [-0.1, -0.05) is 12.1 Å². The van der Waals surface area contributed by atoms with Gasteiger partial charge in [-0.15, -0.1) is 0 Å². The van der Waals surface area contributed by atoms with Gasteiger partial charge in [-0.05, 0) is 48.9 Å². The molecule has 9 heteroatoms. The van der Waals surface area contributed by atoms with Crippen LogP contribution in [0.25, 0.3) is 0 Å². The van der Waals surface area contributed by atoms with E-state index in [1.807, 2.05) is 0 Å². The van der Waals surface area contributed by atoms with Gasteiger partial charge in [-0.2, -0.15) is 8.78 Å². The molecule has 0 bridgehead atoms. The maximum atomic E-state index is 12.9. The molecule has 0 aromatic heterocycles. The molecule has 0 fully saturated rings. The Morgan fingerprint density at radius 1 is 1.07 bits per heavy atom. The molecule has 0 aliphatic carbocycles. The predicted molar refractivity (Wildman–Crippen MR) is 102 cm³/mol. The first kappa shape index (κ1) is 20.1. The molecule has 0 saturated carbocycles. The minimum absolute atomic E-state index is 0.0195. The molecule has 0 saturated heterocycles. The van der Waals surface area contributed by atoms with Gasteiger partial charge in [0.05, 0.1) is 18.7 Å². The highest BCUT2D eigenvalue weighted by Crippen LogP contribution is 2.29. The van der Waals surface area contributed by atoms with Crippen molar-refractivity contribution in [3.05, 3.63) is 65.4 Å². The Bertz CT molecular complexity index is 928. The van der Waals surface area contributed by atoms with Gasteiger partial charge in [0.25, 0.3) is 5.91 Å². The van der Waals surface area contributed by atoms with Gasteiger partial charge in [-0.25, -0.2) is 4.79 Å². The number of amides is 3. The zero-order valence-corrected chi connectivity index (χ0v) is 15.7. The van der Waals surface area contributed by atoms with Gasteiger partial charge < -0.3 is 25.4 Å². The molecule has 1 unspecified atom stereocenters. The van der Waals surface area contributed by atoms with Gasteiger partial charge in [-0.3, -0.25) is 4.79 Å². The number of urea groups is 1. The molecule has 1 atom stereocenters. The van der Waals surface area contributed by atoms with Crippen molar-refractivity contribution in [1.29, 1.82) is 0 Å². The second kappa shape index (κ2) is 8.59. The first-order valence-electron chi connectivity index (χ1n) is 8.66. The van der Waals surface area contributed by atoms with Crippen LogP contribution >= 0.6 is 0 Å². The van der Waals surface area contributed by atoms with Crippen molar-refractivity contribution in [2.24, 2.45) is 0 Å². The number of methoxy groups -OCH3 is 1. The lowest BCUT2D eigenvalue weighted by Gasteiger charge is -2.28. The van der Waals surface area contributed by atoms with E-state index in [1.54, 1.807) is 38.3 Å². The van der Waals surface area contributed by atoms with Crippen LogP contribution in [0.3, 0.4) is 0 Å². The average Bonchev–Trinajstić information content (AvgIpc) is 2.68. The summed E-state index contributed by atoms with van der Waals surface area (Å²) < 4.78 is 34.1. The Hall–Kier alpha value is -3.62. The van der Waals surface area contributed by atoms with Crippen molar-refractivity contribution in [3.63, 3.8) is 0 Å². The number of rotatable bonds is 6.